The van der Waals surface area contributed by atoms with Gasteiger partial charge in [-0.25, -0.2) is 0 Å². The third-order valence-corrected chi connectivity index (χ3v) is 4.31. The van der Waals surface area contributed by atoms with E-state index in [0.29, 0.717) is 28.8 Å². The Morgan fingerprint density at radius 1 is 0.933 bits per heavy atom. The van der Waals surface area contributed by atoms with Crippen LogP contribution in [0.4, 0.5) is 11.4 Å². The summed E-state index contributed by atoms with van der Waals surface area (Å²) in [6.07, 6.45) is 1.78. The number of aromatic nitrogens is 3. The second-order valence-electron chi connectivity index (χ2n) is 6.62. The van der Waals surface area contributed by atoms with Crippen molar-refractivity contribution in [3.8, 4) is 23.0 Å². The molecule has 0 aliphatic carbocycles. The first-order valence-electron chi connectivity index (χ1n) is 9.30. The maximum Gasteiger partial charge on any atom is 0.274 e. The largest absolute Gasteiger partial charge is 0.334 e. The minimum absolute atomic E-state index is 0.0822. The van der Waals surface area contributed by atoms with Crippen LogP contribution in [-0.4, -0.2) is 26.5 Å². The number of nitrogens with zero attached hydrogens (tertiary/aromatic N) is 3. The molecule has 2 heterocycles. The fourth-order valence-electron chi connectivity index (χ4n) is 2.97. The standard InChI is InChI=1S/C22H19N5O3/c1-15(28)23-17-9-11-18(12-10-17)24-20(29)14-27-13-5-8-19(27)22-25-21(26-30-22)16-6-3-2-4-7-16/h2-13H,14H2,1H3,(H,23,28)(H,24,29). The van der Waals surface area contributed by atoms with Gasteiger partial charge in [-0.05, 0) is 36.4 Å². The Bertz CT molecular complexity index is 1160. The van der Waals surface area contributed by atoms with Gasteiger partial charge in [0.15, 0.2) is 0 Å². The fourth-order valence-corrected chi connectivity index (χ4v) is 2.97. The predicted octanol–water partition coefficient (Wildman–Crippen LogP) is 3.80. The molecule has 0 spiro atoms. The lowest BCUT2D eigenvalue weighted by Gasteiger charge is -2.09. The number of hydrogen-bond acceptors (Lipinski definition) is 5. The molecule has 0 radical (unpaired) electrons. The fraction of sp³-hybridized carbons (Fsp3) is 0.0909. The summed E-state index contributed by atoms with van der Waals surface area (Å²) in [7, 11) is 0. The summed E-state index contributed by atoms with van der Waals surface area (Å²) in [5, 5.41) is 9.54. The van der Waals surface area contributed by atoms with Crippen molar-refractivity contribution in [1.29, 1.82) is 0 Å². The van der Waals surface area contributed by atoms with Gasteiger partial charge >= 0.3 is 0 Å². The van der Waals surface area contributed by atoms with E-state index in [1.165, 1.54) is 6.92 Å². The number of anilines is 2. The van der Waals surface area contributed by atoms with Crippen LogP contribution in [0.25, 0.3) is 23.0 Å². The Kier molecular flexibility index (Phi) is 5.38. The number of carbonyl (C=O) groups is 2. The zero-order valence-corrected chi connectivity index (χ0v) is 16.2. The summed E-state index contributed by atoms with van der Waals surface area (Å²) in [6, 6.07) is 20.1. The Morgan fingerprint density at radius 2 is 1.63 bits per heavy atom. The monoisotopic (exact) mass is 401 g/mol. The quantitative estimate of drug-likeness (QED) is 0.512. The predicted molar refractivity (Wildman–Crippen MR) is 113 cm³/mol. The van der Waals surface area contributed by atoms with E-state index in [1.54, 1.807) is 35.0 Å². The summed E-state index contributed by atoms with van der Waals surface area (Å²) < 4.78 is 7.14. The maximum atomic E-state index is 12.5. The molecule has 0 fully saturated rings. The van der Waals surface area contributed by atoms with E-state index in [0.717, 1.165) is 5.56 Å². The Hall–Kier alpha value is -4.20. The number of benzene rings is 2. The van der Waals surface area contributed by atoms with Gasteiger partial charge in [-0.3, -0.25) is 9.59 Å². The first kappa shape index (κ1) is 19.1. The van der Waals surface area contributed by atoms with Crippen molar-refractivity contribution in [1.82, 2.24) is 14.7 Å². The molecule has 0 unspecified atom stereocenters. The van der Waals surface area contributed by atoms with E-state index in [-0.39, 0.29) is 18.4 Å². The molecule has 30 heavy (non-hydrogen) atoms. The van der Waals surface area contributed by atoms with Crippen molar-refractivity contribution >= 4 is 23.2 Å². The molecule has 0 saturated heterocycles. The van der Waals surface area contributed by atoms with Crippen LogP contribution in [0.15, 0.2) is 77.4 Å². The van der Waals surface area contributed by atoms with Crippen molar-refractivity contribution < 1.29 is 14.1 Å². The van der Waals surface area contributed by atoms with E-state index >= 15 is 0 Å². The summed E-state index contributed by atoms with van der Waals surface area (Å²) in [5.74, 6) is 0.472. The summed E-state index contributed by atoms with van der Waals surface area (Å²) in [4.78, 5) is 28.0. The Balaban J connectivity index is 1.44. The molecule has 2 amide bonds. The molecule has 8 nitrogen and oxygen atoms in total. The minimum Gasteiger partial charge on any atom is -0.334 e. The minimum atomic E-state index is -0.206. The van der Waals surface area contributed by atoms with Crippen molar-refractivity contribution in [3.63, 3.8) is 0 Å². The SMILES string of the molecule is CC(=O)Nc1ccc(NC(=O)Cn2cccc2-c2nc(-c3ccccc3)no2)cc1. The highest BCUT2D eigenvalue weighted by Crippen LogP contribution is 2.23. The summed E-state index contributed by atoms with van der Waals surface area (Å²) in [5.41, 5.74) is 2.80. The van der Waals surface area contributed by atoms with Gasteiger partial charge in [0, 0.05) is 30.1 Å². The molecular formula is C22H19N5O3. The first-order valence-corrected chi connectivity index (χ1v) is 9.30. The van der Waals surface area contributed by atoms with Crippen LogP contribution in [-0.2, 0) is 16.1 Å². The van der Waals surface area contributed by atoms with Crippen molar-refractivity contribution in [2.24, 2.45) is 0 Å². The molecule has 0 bridgehead atoms. The van der Waals surface area contributed by atoms with Crippen molar-refractivity contribution in [2.45, 2.75) is 13.5 Å². The van der Waals surface area contributed by atoms with Gasteiger partial charge in [-0.2, -0.15) is 4.98 Å². The lowest BCUT2D eigenvalue weighted by atomic mass is 10.2. The molecule has 0 aliphatic rings. The van der Waals surface area contributed by atoms with Crippen LogP contribution in [0.2, 0.25) is 0 Å². The molecule has 8 heteroatoms. The summed E-state index contributed by atoms with van der Waals surface area (Å²) >= 11 is 0. The second-order valence-corrected chi connectivity index (χ2v) is 6.62. The molecule has 4 aromatic rings. The van der Waals surface area contributed by atoms with Crippen LogP contribution >= 0.6 is 0 Å². The molecule has 4 rings (SSSR count). The molecule has 2 aromatic heterocycles. The Labute approximate surface area is 172 Å². The summed E-state index contributed by atoms with van der Waals surface area (Å²) in [6.45, 7) is 1.52. The topological polar surface area (TPSA) is 102 Å². The number of amides is 2. The van der Waals surface area contributed by atoms with Crippen LogP contribution in [0.5, 0.6) is 0 Å². The number of rotatable bonds is 6. The third-order valence-electron chi connectivity index (χ3n) is 4.31. The van der Waals surface area contributed by atoms with Crippen LogP contribution in [0, 0.1) is 0 Å². The highest BCUT2D eigenvalue weighted by atomic mass is 16.5. The molecule has 0 aliphatic heterocycles. The van der Waals surface area contributed by atoms with E-state index in [4.69, 9.17) is 4.52 Å². The van der Waals surface area contributed by atoms with E-state index in [2.05, 4.69) is 20.8 Å². The number of carbonyl (C=O) groups excluding carboxylic acids is 2. The Morgan fingerprint density at radius 3 is 2.33 bits per heavy atom. The molecule has 2 N–H and O–H groups in total. The smallest absolute Gasteiger partial charge is 0.274 e. The van der Waals surface area contributed by atoms with Crippen molar-refractivity contribution in [2.75, 3.05) is 10.6 Å². The molecule has 0 saturated carbocycles. The number of nitrogens with one attached hydrogen (secondary N) is 2. The number of hydrogen-bond donors (Lipinski definition) is 2. The van der Waals surface area contributed by atoms with Crippen LogP contribution in [0.3, 0.4) is 0 Å². The molecular weight excluding hydrogens is 382 g/mol. The van der Waals surface area contributed by atoms with Gasteiger partial charge in [-0.15, -0.1) is 0 Å². The van der Waals surface area contributed by atoms with E-state index in [1.807, 2.05) is 42.5 Å². The highest BCUT2D eigenvalue weighted by Gasteiger charge is 2.15. The van der Waals surface area contributed by atoms with E-state index < -0.39 is 0 Å². The zero-order chi connectivity index (χ0) is 20.9. The normalized spacial score (nSPS) is 10.6. The van der Waals surface area contributed by atoms with Gasteiger partial charge in [0.1, 0.15) is 12.2 Å². The van der Waals surface area contributed by atoms with Crippen LogP contribution < -0.4 is 10.6 Å². The molecule has 0 atom stereocenters. The third kappa shape index (κ3) is 4.44. The maximum absolute atomic E-state index is 12.5. The average molecular weight is 401 g/mol. The zero-order valence-electron chi connectivity index (χ0n) is 16.2. The average Bonchev–Trinajstić information content (AvgIpc) is 3.39. The molecule has 2 aromatic carbocycles. The van der Waals surface area contributed by atoms with Gasteiger partial charge < -0.3 is 19.7 Å². The molecule has 150 valence electrons. The second kappa shape index (κ2) is 8.44. The lowest BCUT2D eigenvalue weighted by molar-refractivity contribution is -0.117. The van der Waals surface area contributed by atoms with Gasteiger partial charge in [0.25, 0.3) is 5.89 Å². The highest BCUT2D eigenvalue weighted by molar-refractivity contribution is 5.92. The van der Waals surface area contributed by atoms with Gasteiger partial charge in [0.2, 0.25) is 17.6 Å². The van der Waals surface area contributed by atoms with Gasteiger partial charge in [0.05, 0.1) is 0 Å². The van der Waals surface area contributed by atoms with E-state index in [9.17, 15) is 9.59 Å². The first-order chi connectivity index (χ1) is 14.6. The van der Waals surface area contributed by atoms with Crippen molar-refractivity contribution in [3.05, 3.63) is 72.9 Å². The lowest BCUT2D eigenvalue weighted by Crippen LogP contribution is -2.18. The van der Waals surface area contributed by atoms with Gasteiger partial charge in [-0.1, -0.05) is 35.5 Å². The van der Waals surface area contributed by atoms with Crippen LogP contribution in [0.1, 0.15) is 6.92 Å².